The van der Waals surface area contributed by atoms with E-state index in [0.717, 1.165) is 12.1 Å². The molecule has 2 aromatic carbocycles. The first-order valence-electron chi connectivity index (χ1n) is 5.25. The van der Waals surface area contributed by atoms with Gasteiger partial charge in [0, 0.05) is 11.3 Å². The number of nitrogens with two attached hydrogens (primary N) is 1. The summed E-state index contributed by atoms with van der Waals surface area (Å²) in [6, 6.07) is 4.27. The number of halogens is 5. The summed E-state index contributed by atoms with van der Waals surface area (Å²) in [4.78, 5) is 12.2. The smallest absolute Gasteiger partial charge is 0.197 e. The monoisotopic (exact) mass is 379 g/mol. The lowest BCUT2D eigenvalue weighted by atomic mass is 10.0. The van der Waals surface area contributed by atoms with Crippen LogP contribution in [0, 0.1) is 11.6 Å². The van der Waals surface area contributed by atoms with Gasteiger partial charge < -0.3 is 5.73 Å². The Morgan fingerprint density at radius 1 is 1.05 bits per heavy atom. The van der Waals surface area contributed by atoms with Gasteiger partial charge in [-0.2, -0.15) is 0 Å². The van der Waals surface area contributed by atoms with Crippen LogP contribution >= 0.6 is 39.1 Å². The molecule has 0 aromatic heterocycles. The predicted molar refractivity (Wildman–Crippen MR) is 78.4 cm³/mol. The SMILES string of the molecule is Nc1cc(Cl)c(Cl)c(C(=O)c2cc(F)c(Br)cc2F)c1. The average molecular weight is 381 g/mol. The van der Waals surface area contributed by atoms with Crippen molar-refractivity contribution in [2.45, 2.75) is 0 Å². The second-order valence-corrected chi connectivity index (χ2v) is 5.58. The van der Waals surface area contributed by atoms with Crippen molar-refractivity contribution in [1.29, 1.82) is 0 Å². The fourth-order valence-corrected chi connectivity index (χ4v) is 2.36. The highest BCUT2D eigenvalue weighted by Gasteiger charge is 2.21. The molecule has 0 fully saturated rings. The summed E-state index contributed by atoms with van der Waals surface area (Å²) in [5.74, 6) is -2.44. The molecule has 0 amide bonds. The lowest BCUT2D eigenvalue weighted by molar-refractivity contribution is 0.103. The van der Waals surface area contributed by atoms with Gasteiger partial charge in [-0.1, -0.05) is 23.2 Å². The van der Waals surface area contributed by atoms with Gasteiger partial charge in [0.15, 0.2) is 5.78 Å². The minimum absolute atomic E-state index is 0.0615. The van der Waals surface area contributed by atoms with Gasteiger partial charge in [0.2, 0.25) is 0 Å². The summed E-state index contributed by atoms with van der Waals surface area (Å²) >= 11 is 14.5. The molecular formula is C13H6BrCl2F2NO. The molecule has 2 rings (SSSR count). The predicted octanol–water partition coefficient (Wildman–Crippen LogP) is 4.85. The van der Waals surface area contributed by atoms with Gasteiger partial charge in [-0.15, -0.1) is 0 Å². The molecule has 0 aliphatic heterocycles. The number of carbonyl (C=O) groups is 1. The summed E-state index contributed by atoms with van der Waals surface area (Å²) in [6.07, 6.45) is 0. The van der Waals surface area contributed by atoms with Gasteiger partial charge in [-0.05, 0) is 40.2 Å². The zero-order valence-corrected chi connectivity index (χ0v) is 12.8. The van der Waals surface area contributed by atoms with Gasteiger partial charge in [-0.3, -0.25) is 4.79 Å². The maximum atomic E-state index is 13.8. The van der Waals surface area contributed by atoms with Crippen LogP contribution in [-0.4, -0.2) is 5.78 Å². The molecule has 0 saturated carbocycles. The molecule has 0 saturated heterocycles. The molecule has 0 aliphatic rings. The molecule has 20 heavy (non-hydrogen) atoms. The molecule has 104 valence electrons. The third-order valence-corrected chi connectivity index (χ3v) is 3.96. The van der Waals surface area contributed by atoms with E-state index in [4.69, 9.17) is 28.9 Å². The summed E-state index contributed by atoms with van der Waals surface area (Å²) < 4.78 is 27.1. The summed E-state index contributed by atoms with van der Waals surface area (Å²) in [6.45, 7) is 0. The Morgan fingerprint density at radius 2 is 1.70 bits per heavy atom. The van der Waals surface area contributed by atoms with E-state index in [9.17, 15) is 13.6 Å². The van der Waals surface area contributed by atoms with Crippen LogP contribution in [-0.2, 0) is 0 Å². The molecule has 0 unspecified atom stereocenters. The summed E-state index contributed by atoms with van der Waals surface area (Å²) in [7, 11) is 0. The molecular weight excluding hydrogens is 375 g/mol. The Labute approximate surface area is 131 Å². The van der Waals surface area contributed by atoms with Crippen LogP contribution in [0.2, 0.25) is 10.0 Å². The fourth-order valence-electron chi connectivity index (χ4n) is 1.62. The quantitative estimate of drug-likeness (QED) is 0.460. The van der Waals surface area contributed by atoms with Crippen LogP contribution in [0.25, 0.3) is 0 Å². The molecule has 2 N–H and O–H groups in total. The largest absolute Gasteiger partial charge is 0.399 e. The van der Waals surface area contributed by atoms with Crippen molar-refractivity contribution in [2.24, 2.45) is 0 Å². The molecule has 0 spiro atoms. The molecule has 0 bridgehead atoms. The van der Waals surface area contributed by atoms with E-state index in [1.807, 2.05) is 0 Å². The number of anilines is 1. The third-order valence-electron chi connectivity index (χ3n) is 2.55. The van der Waals surface area contributed by atoms with Gasteiger partial charge in [0.05, 0.1) is 20.1 Å². The second-order valence-electron chi connectivity index (χ2n) is 3.94. The number of hydrogen-bond acceptors (Lipinski definition) is 2. The van der Waals surface area contributed by atoms with Crippen LogP contribution < -0.4 is 5.73 Å². The molecule has 0 atom stereocenters. The Bertz CT molecular complexity index is 722. The van der Waals surface area contributed by atoms with E-state index in [-0.39, 0.29) is 25.8 Å². The highest BCUT2D eigenvalue weighted by Crippen LogP contribution is 2.31. The Balaban J connectivity index is 2.60. The van der Waals surface area contributed by atoms with Crippen molar-refractivity contribution < 1.29 is 13.6 Å². The first kappa shape index (κ1) is 15.2. The lowest BCUT2D eigenvalue weighted by Gasteiger charge is -2.08. The second kappa shape index (κ2) is 5.68. The van der Waals surface area contributed by atoms with Gasteiger partial charge >= 0.3 is 0 Å². The molecule has 7 heteroatoms. The van der Waals surface area contributed by atoms with Crippen molar-refractivity contribution in [1.82, 2.24) is 0 Å². The molecule has 2 nitrogen and oxygen atoms in total. The van der Waals surface area contributed by atoms with Crippen LogP contribution in [0.1, 0.15) is 15.9 Å². The number of hydrogen-bond donors (Lipinski definition) is 1. The van der Waals surface area contributed by atoms with E-state index in [1.54, 1.807) is 0 Å². The van der Waals surface area contributed by atoms with Crippen LogP contribution in [0.3, 0.4) is 0 Å². The molecule has 2 aromatic rings. The van der Waals surface area contributed by atoms with Crippen LogP contribution in [0.15, 0.2) is 28.7 Å². The minimum Gasteiger partial charge on any atom is -0.399 e. The number of ketones is 1. The van der Waals surface area contributed by atoms with E-state index in [1.165, 1.54) is 12.1 Å². The Morgan fingerprint density at radius 3 is 2.35 bits per heavy atom. The number of carbonyl (C=O) groups excluding carboxylic acids is 1. The first-order valence-corrected chi connectivity index (χ1v) is 6.80. The zero-order valence-electron chi connectivity index (χ0n) is 9.68. The van der Waals surface area contributed by atoms with E-state index >= 15 is 0 Å². The number of rotatable bonds is 2. The lowest BCUT2D eigenvalue weighted by Crippen LogP contribution is -2.07. The Kier molecular flexibility index (Phi) is 4.32. The van der Waals surface area contributed by atoms with E-state index in [0.29, 0.717) is 0 Å². The number of benzene rings is 2. The van der Waals surface area contributed by atoms with Crippen molar-refractivity contribution in [3.8, 4) is 0 Å². The third kappa shape index (κ3) is 2.80. The van der Waals surface area contributed by atoms with Crippen LogP contribution in [0.5, 0.6) is 0 Å². The highest BCUT2D eigenvalue weighted by atomic mass is 79.9. The van der Waals surface area contributed by atoms with Gasteiger partial charge in [0.1, 0.15) is 11.6 Å². The topological polar surface area (TPSA) is 43.1 Å². The zero-order chi connectivity index (χ0) is 15.0. The fraction of sp³-hybridized carbons (Fsp3) is 0. The summed E-state index contributed by atoms with van der Waals surface area (Å²) in [5.41, 5.74) is 5.23. The minimum atomic E-state index is -0.877. The molecule has 0 radical (unpaired) electrons. The molecule has 0 heterocycles. The van der Waals surface area contributed by atoms with E-state index in [2.05, 4.69) is 15.9 Å². The normalized spacial score (nSPS) is 10.7. The van der Waals surface area contributed by atoms with Gasteiger partial charge in [-0.25, -0.2) is 8.78 Å². The van der Waals surface area contributed by atoms with Crippen molar-refractivity contribution in [3.05, 3.63) is 61.5 Å². The average Bonchev–Trinajstić information content (AvgIpc) is 2.37. The molecule has 0 aliphatic carbocycles. The van der Waals surface area contributed by atoms with E-state index < -0.39 is 23.0 Å². The van der Waals surface area contributed by atoms with Crippen LogP contribution in [0.4, 0.5) is 14.5 Å². The number of nitrogen functional groups attached to an aromatic ring is 1. The van der Waals surface area contributed by atoms with Crippen molar-refractivity contribution >= 4 is 50.6 Å². The standard InChI is InChI=1S/C13H6BrCl2F2NO/c14-8-4-10(17)6(3-11(8)18)13(20)7-1-5(19)2-9(15)12(7)16/h1-4H,19H2. The maximum Gasteiger partial charge on any atom is 0.197 e. The van der Waals surface area contributed by atoms with Crippen molar-refractivity contribution in [3.63, 3.8) is 0 Å². The Hall–Kier alpha value is -1.17. The summed E-state index contributed by atoms with van der Waals surface area (Å²) in [5, 5.41) is 0.00148. The first-order chi connectivity index (χ1) is 9.31. The van der Waals surface area contributed by atoms with Gasteiger partial charge in [0.25, 0.3) is 0 Å². The highest BCUT2D eigenvalue weighted by molar-refractivity contribution is 9.10. The maximum absolute atomic E-state index is 13.8. The van der Waals surface area contributed by atoms with Crippen molar-refractivity contribution in [2.75, 3.05) is 5.73 Å².